The summed E-state index contributed by atoms with van der Waals surface area (Å²) in [6.45, 7) is 3.12. The van der Waals surface area contributed by atoms with E-state index in [0.29, 0.717) is 18.2 Å². The number of amides is 1. The molecule has 1 rings (SSSR count). The highest BCUT2D eigenvalue weighted by Gasteiger charge is 2.22. The Balaban J connectivity index is 2.36. The number of ether oxygens (including phenoxy) is 1. The average Bonchev–Trinajstić information content (AvgIpc) is 2.19. The second-order valence-corrected chi connectivity index (χ2v) is 3.99. The van der Waals surface area contributed by atoms with Crippen LogP contribution in [-0.2, 0) is 9.53 Å². The lowest BCUT2D eigenvalue weighted by Crippen LogP contribution is -2.44. The molecule has 1 unspecified atom stereocenters. The molecule has 0 aromatic rings. The molecule has 0 spiro atoms. The van der Waals surface area contributed by atoms with Crippen LogP contribution in [0, 0.1) is 5.92 Å². The van der Waals surface area contributed by atoms with Crippen LogP contribution >= 0.6 is 12.2 Å². The minimum atomic E-state index is -0.222. The van der Waals surface area contributed by atoms with Crippen molar-refractivity contribution in [3.8, 4) is 0 Å². The SMILES string of the molecule is CC(NC(=O)C1CCOCC1)C(N)=S. The lowest BCUT2D eigenvalue weighted by Gasteiger charge is -2.23. The minimum absolute atomic E-state index is 0.0357. The smallest absolute Gasteiger partial charge is 0.223 e. The van der Waals surface area contributed by atoms with Crippen LogP contribution in [0.1, 0.15) is 19.8 Å². The molecule has 80 valence electrons. The average molecular weight is 216 g/mol. The second kappa shape index (κ2) is 5.26. The van der Waals surface area contributed by atoms with Gasteiger partial charge in [0, 0.05) is 19.1 Å². The summed E-state index contributed by atoms with van der Waals surface area (Å²) in [5, 5.41) is 2.79. The molecular weight excluding hydrogens is 200 g/mol. The summed E-state index contributed by atoms with van der Waals surface area (Å²) in [7, 11) is 0. The first-order valence-corrected chi connectivity index (χ1v) is 5.19. The van der Waals surface area contributed by atoms with E-state index in [1.54, 1.807) is 6.92 Å². The van der Waals surface area contributed by atoms with Gasteiger partial charge in [0.2, 0.25) is 5.91 Å². The molecule has 1 amide bonds. The van der Waals surface area contributed by atoms with Gasteiger partial charge in [0.25, 0.3) is 0 Å². The van der Waals surface area contributed by atoms with Crippen LogP contribution in [0.2, 0.25) is 0 Å². The van der Waals surface area contributed by atoms with Gasteiger partial charge in [-0.1, -0.05) is 12.2 Å². The van der Waals surface area contributed by atoms with E-state index in [9.17, 15) is 4.79 Å². The van der Waals surface area contributed by atoms with Crippen molar-refractivity contribution in [2.75, 3.05) is 13.2 Å². The van der Waals surface area contributed by atoms with Gasteiger partial charge in [-0.3, -0.25) is 4.79 Å². The van der Waals surface area contributed by atoms with E-state index in [2.05, 4.69) is 5.32 Å². The molecule has 1 saturated heterocycles. The van der Waals surface area contributed by atoms with Gasteiger partial charge in [-0.2, -0.15) is 0 Å². The first kappa shape index (κ1) is 11.4. The Labute approximate surface area is 89.2 Å². The second-order valence-electron chi connectivity index (χ2n) is 3.52. The highest BCUT2D eigenvalue weighted by molar-refractivity contribution is 7.80. The van der Waals surface area contributed by atoms with Gasteiger partial charge in [0.05, 0.1) is 11.0 Å². The lowest BCUT2D eigenvalue weighted by atomic mass is 9.99. The molecule has 1 fully saturated rings. The third-order valence-electron chi connectivity index (χ3n) is 2.38. The monoisotopic (exact) mass is 216 g/mol. The quantitative estimate of drug-likeness (QED) is 0.662. The zero-order valence-electron chi connectivity index (χ0n) is 8.29. The molecule has 1 atom stereocenters. The molecule has 0 radical (unpaired) electrons. The Hall–Kier alpha value is -0.680. The van der Waals surface area contributed by atoms with Gasteiger partial charge < -0.3 is 15.8 Å². The Kier molecular flexibility index (Phi) is 4.28. The van der Waals surface area contributed by atoms with Gasteiger partial charge in [0.15, 0.2) is 0 Å². The van der Waals surface area contributed by atoms with Gasteiger partial charge >= 0.3 is 0 Å². The Morgan fingerprint density at radius 3 is 2.64 bits per heavy atom. The van der Waals surface area contributed by atoms with Crippen molar-refractivity contribution in [3.05, 3.63) is 0 Å². The number of carbonyl (C=O) groups excluding carboxylic acids is 1. The van der Waals surface area contributed by atoms with Gasteiger partial charge in [0.1, 0.15) is 0 Å². The molecule has 0 saturated carbocycles. The molecule has 0 aliphatic carbocycles. The molecule has 5 heteroatoms. The van der Waals surface area contributed by atoms with Gasteiger partial charge in [-0.05, 0) is 19.8 Å². The zero-order chi connectivity index (χ0) is 10.6. The third-order valence-corrected chi connectivity index (χ3v) is 2.73. The molecule has 1 aliphatic rings. The first-order valence-electron chi connectivity index (χ1n) is 4.78. The number of hydrogen-bond acceptors (Lipinski definition) is 3. The van der Waals surface area contributed by atoms with Crippen LogP contribution in [0.3, 0.4) is 0 Å². The van der Waals surface area contributed by atoms with E-state index in [4.69, 9.17) is 22.7 Å². The Morgan fingerprint density at radius 1 is 1.57 bits per heavy atom. The summed E-state index contributed by atoms with van der Waals surface area (Å²) < 4.78 is 5.17. The number of thiocarbonyl (C=S) groups is 1. The molecule has 0 aromatic carbocycles. The molecule has 1 heterocycles. The van der Waals surface area contributed by atoms with E-state index in [1.807, 2.05) is 0 Å². The summed E-state index contributed by atoms with van der Waals surface area (Å²) in [5.74, 6) is 0.0918. The van der Waals surface area contributed by atoms with Crippen molar-refractivity contribution in [1.29, 1.82) is 0 Å². The van der Waals surface area contributed by atoms with Crippen LogP contribution in [0.15, 0.2) is 0 Å². The molecule has 0 aromatic heterocycles. The molecule has 14 heavy (non-hydrogen) atoms. The maximum atomic E-state index is 11.6. The summed E-state index contributed by atoms with van der Waals surface area (Å²) >= 11 is 4.78. The van der Waals surface area contributed by atoms with E-state index in [1.165, 1.54) is 0 Å². The predicted octanol–water partition coefficient (Wildman–Crippen LogP) is 0.204. The summed E-state index contributed by atoms with van der Waals surface area (Å²) in [5.41, 5.74) is 5.41. The summed E-state index contributed by atoms with van der Waals surface area (Å²) in [4.78, 5) is 12.0. The van der Waals surface area contributed by atoms with Crippen LogP contribution in [-0.4, -0.2) is 30.2 Å². The lowest BCUT2D eigenvalue weighted by molar-refractivity contribution is -0.128. The molecule has 0 bridgehead atoms. The Morgan fingerprint density at radius 2 is 2.14 bits per heavy atom. The highest BCUT2D eigenvalue weighted by Crippen LogP contribution is 2.14. The van der Waals surface area contributed by atoms with E-state index >= 15 is 0 Å². The first-order chi connectivity index (χ1) is 6.61. The summed E-state index contributed by atoms with van der Waals surface area (Å²) in [6.07, 6.45) is 1.58. The maximum absolute atomic E-state index is 11.6. The van der Waals surface area contributed by atoms with Crippen molar-refractivity contribution in [2.45, 2.75) is 25.8 Å². The number of nitrogens with one attached hydrogen (secondary N) is 1. The van der Waals surface area contributed by atoms with E-state index in [-0.39, 0.29) is 17.9 Å². The molecule has 4 nitrogen and oxygen atoms in total. The Bertz CT molecular complexity index is 227. The van der Waals surface area contributed by atoms with Crippen molar-refractivity contribution in [2.24, 2.45) is 11.7 Å². The standard InChI is InChI=1S/C9H16N2O2S/c1-6(8(10)14)11-9(12)7-2-4-13-5-3-7/h6-7H,2-5H2,1H3,(H2,10,14)(H,11,12). The van der Waals surface area contributed by atoms with Crippen LogP contribution in [0.25, 0.3) is 0 Å². The summed E-state index contributed by atoms with van der Waals surface area (Å²) in [6, 6.07) is -0.222. The topological polar surface area (TPSA) is 64.3 Å². The fraction of sp³-hybridized carbons (Fsp3) is 0.778. The van der Waals surface area contributed by atoms with Crippen molar-refractivity contribution >= 4 is 23.1 Å². The van der Waals surface area contributed by atoms with Crippen LogP contribution in [0.4, 0.5) is 0 Å². The number of rotatable bonds is 3. The zero-order valence-corrected chi connectivity index (χ0v) is 9.10. The fourth-order valence-electron chi connectivity index (χ4n) is 1.36. The normalized spacial score (nSPS) is 20.1. The fourth-order valence-corrected chi connectivity index (χ4v) is 1.42. The largest absolute Gasteiger partial charge is 0.392 e. The minimum Gasteiger partial charge on any atom is -0.392 e. The number of hydrogen-bond donors (Lipinski definition) is 2. The van der Waals surface area contributed by atoms with E-state index in [0.717, 1.165) is 12.8 Å². The van der Waals surface area contributed by atoms with Gasteiger partial charge in [-0.15, -0.1) is 0 Å². The maximum Gasteiger partial charge on any atom is 0.223 e. The molecule has 3 N–H and O–H groups in total. The van der Waals surface area contributed by atoms with E-state index < -0.39 is 0 Å². The van der Waals surface area contributed by atoms with Crippen LogP contribution < -0.4 is 11.1 Å². The van der Waals surface area contributed by atoms with Crippen LogP contribution in [0.5, 0.6) is 0 Å². The van der Waals surface area contributed by atoms with Gasteiger partial charge in [-0.25, -0.2) is 0 Å². The van der Waals surface area contributed by atoms with Crippen molar-refractivity contribution < 1.29 is 9.53 Å². The highest BCUT2D eigenvalue weighted by atomic mass is 32.1. The molecular formula is C9H16N2O2S. The third kappa shape index (κ3) is 3.23. The predicted molar refractivity (Wildman–Crippen MR) is 57.9 cm³/mol. The number of nitrogens with two attached hydrogens (primary N) is 1. The molecule has 1 aliphatic heterocycles. The van der Waals surface area contributed by atoms with Crippen molar-refractivity contribution in [1.82, 2.24) is 5.32 Å². The number of carbonyl (C=O) groups is 1. The van der Waals surface area contributed by atoms with Crippen molar-refractivity contribution in [3.63, 3.8) is 0 Å².